The second-order valence-corrected chi connectivity index (χ2v) is 8.79. The van der Waals surface area contributed by atoms with Crippen LogP contribution in [0, 0.1) is 5.92 Å². The summed E-state index contributed by atoms with van der Waals surface area (Å²) in [7, 11) is -2.87. The summed E-state index contributed by atoms with van der Waals surface area (Å²) in [5, 5.41) is 2.93. The molecule has 6 heteroatoms. The van der Waals surface area contributed by atoms with Crippen LogP contribution in [-0.4, -0.2) is 56.4 Å². The van der Waals surface area contributed by atoms with Gasteiger partial charge >= 0.3 is 0 Å². The minimum absolute atomic E-state index is 0.00351. The third kappa shape index (κ3) is 5.58. The zero-order chi connectivity index (χ0) is 15.3. The van der Waals surface area contributed by atoms with Crippen molar-refractivity contribution in [3.8, 4) is 0 Å². The van der Waals surface area contributed by atoms with Crippen molar-refractivity contribution in [1.29, 1.82) is 0 Å². The molecule has 0 spiro atoms. The summed E-state index contributed by atoms with van der Waals surface area (Å²) < 4.78 is 22.7. The number of nitrogens with one attached hydrogen (secondary N) is 1. The van der Waals surface area contributed by atoms with Gasteiger partial charge in [0, 0.05) is 25.6 Å². The molecule has 1 N–H and O–H groups in total. The van der Waals surface area contributed by atoms with Crippen molar-refractivity contribution in [3.63, 3.8) is 0 Å². The number of amides is 1. The van der Waals surface area contributed by atoms with Gasteiger partial charge in [0.1, 0.15) is 0 Å². The van der Waals surface area contributed by atoms with E-state index in [0.717, 1.165) is 13.0 Å². The highest BCUT2D eigenvalue weighted by Crippen LogP contribution is 2.21. The molecule has 0 aromatic rings. The molecule has 0 radical (unpaired) electrons. The molecule has 0 aromatic heterocycles. The average molecular weight is 316 g/mol. The number of carbonyl (C=O) groups is 1. The third-order valence-electron chi connectivity index (χ3n) is 4.69. The van der Waals surface area contributed by atoms with Gasteiger partial charge in [0.05, 0.1) is 11.5 Å². The first-order valence-corrected chi connectivity index (χ1v) is 9.99. The van der Waals surface area contributed by atoms with Crippen molar-refractivity contribution in [2.75, 3.05) is 31.1 Å². The molecule has 0 aromatic carbocycles. The second kappa shape index (κ2) is 7.58. The number of hydrogen-bond acceptors (Lipinski definition) is 4. The van der Waals surface area contributed by atoms with E-state index >= 15 is 0 Å². The molecule has 2 saturated heterocycles. The molecule has 122 valence electrons. The van der Waals surface area contributed by atoms with Gasteiger partial charge in [-0.2, -0.15) is 0 Å². The maximum Gasteiger partial charge on any atom is 0.220 e. The van der Waals surface area contributed by atoms with Crippen molar-refractivity contribution in [1.82, 2.24) is 10.2 Å². The van der Waals surface area contributed by atoms with Gasteiger partial charge in [0.15, 0.2) is 9.84 Å². The predicted octanol–water partition coefficient (Wildman–Crippen LogP) is 1.19. The van der Waals surface area contributed by atoms with E-state index in [1.165, 1.54) is 25.8 Å². The molecular formula is C15H28N2O3S. The number of hydrogen-bond donors (Lipinski definition) is 1. The molecule has 2 aliphatic heterocycles. The van der Waals surface area contributed by atoms with Crippen LogP contribution in [0.5, 0.6) is 0 Å². The SMILES string of the molecule is CC1CCCCN1CCCNC(=O)CC1CCS(=O)(=O)C1. The third-order valence-corrected chi connectivity index (χ3v) is 6.52. The van der Waals surface area contributed by atoms with E-state index in [1.807, 2.05) is 0 Å². The van der Waals surface area contributed by atoms with Crippen molar-refractivity contribution in [3.05, 3.63) is 0 Å². The fourth-order valence-electron chi connectivity index (χ4n) is 3.37. The lowest BCUT2D eigenvalue weighted by Crippen LogP contribution is -2.39. The Kier molecular flexibility index (Phi) is 6.05. The summed E-state index contributed by atoms with van der Waals surface area (Å²) in [6.07, 6.45) is 5.87. The maximum atomic E-state index is 11.8. The second-order valence-electron chi connectivity index (χ2n) is 6.56. The van der Waals surface area contributed by atoms with Gasteiger partial charge in [-0.25, -0.2) is 8.42 Å². The molecule has 2 unspecified atom stereocenters. The summed E-state index contributed by atoms with van der Waals surface area (Å²) in [6, 6.07) is 0.665. The summed E-state index contributed by atoms with van der Waals surface area (Å²) in [6.45, 7) is 5.19. The number of rotatable bonds is 6. The molecule has 2 atom stereocenters. The van der Waals surface area contributed by atoms with Gasteiger partial charge in [0.25, 0.3) is 0 Å². The Morgan fingerprint density at radius 2 is 2.10 bits per heavy atom. The largest absolute Gasteiger partial charge is 0.356 e. The molecule has 0 aliphatic carbocycles. The van der Waals surface area contributed by atoms with Crippen molar-refractivity contribution in [2.24, 2.45) is 5.92 Å². The van der Waals surface area contributed by atoms with Crippen LogP contribution in [0.15, 0.2) is 0 Å². The quantitative estimate of drug-likeness (QED) is 0.748. The summed E-state index contributed by atoms with van der Waals surface area (Å²) >= 11 is 0. The van der Waals surface area contributed by atoms with E-state index in [9.17, 15) is 13.2 Å². The fourth-order valence-corrected chi connectivity index (χ4v) is 5.23. The van der Waals surface area contributed by atoms with Crippen LogP contribution in [0.2, 0.25) is 0 Å². The molecule has 1 amide bonds. The molecule has 0 bridgehead atoms. The standard InChI is InChI=1S/C15H28N2O3S/c1-13-5-2-3-8-17(13)9-4-7-16-15(18)11-14-6-10-21(19,20)12-14/h13-14H,2-12H2,1H3,(H,16,18). The number of carbonyl (C=O) groups excluding carboxylic acids is 1. The van der Waals surface area contributed by atoms with Gasteiger partial charge in [-0.05, 0) is 45.1 Å². The van der Waals surface area contributed by atoms with Crippen molar-refractivity contribution < 1.29 is 13.2 Å². The number of nitrogens with zero attached hydrogens (tertiary/aromatic N) is 1. The van der Waals surface area contributed by atoms with E-state index in [0.29, 0.717) is 25.4 Å². The van der Waals surface area contributed by atoms with Crippen LogP contribution in [0.25, 0.3) is 0 Å². The summed E-state index contributed by atoms with van der Waals surface area (Å²) in [5.41, 5.74) is 0. The minimum Gasteiger partial charge on any atom is -0.356 e. The summed E-state index contributed by atoms with van der Waals surface area (Å²) in [4.78, 5) is 14.3. The Labute approximate surface area is 128 Å². The highest BCUT2D eigenvalue weighted by molar-refractivity contribution is 7.91. The highest BCUT2D eigenvalue weighted by Gasteiger charge is 2.29. The molecule has 2 aliphatic rings. The lowest BCUT2D eigenvalue weighted by Gasteiger charge is -2.33. The van der Waals surface area contributed by atoms with Gasteiger partial charge < -0.3 is 10.2 Å². The molecule has 21 heavy (non-hydrogen) atoms. The zero-order valence-corrected chi connectivity index (χ0v) is 13.8. The Bertz CT molecular complexity index is 450. The van der Waals surface area contributed by atoms with Crippen LogP contribution < -0.4 is 5.32 Å². The first-order chi connectivity index (χ1) is 9.96. The minimum atomic E-state index is -2.87. The monoisotopic (exact) mass is 316 g/mol. The van der Waals surface area contributed by atoms with Gasteiger partial charge in [-0.3, -0.25) is 4.79 Å². The normalized spacial score (nSPS) is 29.4. The van der Waals surface area contributed by atoms with Crippen LogP contribution in [-0.2, 0) is 14.6 Å². The van der Waals surface area contributed by atoms with Crippen LogP contribution in [0.1, 0.15) is 45.4 Å². The van der Waals surface area contributed by atoms with Crippen molar-refractivity contribution >= 4 is 15.7 Å². The molecule has 2 rings (SSSR count). The Balaban J connectivity index is 1.57. The van der Waals surface area contributed by atoms with E-state index in [1.54, 1.807) is 0 Å². The summed E-state index contributed by atoms with van der Waals surface area (Å²) in [5.74, 6) is 0.463. The maximum absolute atomic E-state index is 11.8. The van der Waals surface area contributed by atoms with Gasteiger partial charge in [0.2, 0.25) is 5.91 Å². The van der Waals surface area contributed by atoms with Gasteiger partial charge in [-0.15, -0.1) is 0 Å². The van der Waals surface area contributed by atoms with Crippen molar-refractivity contribution in [2.45, 2.75) is 51.5 Å². The lowest BCUT2D eigenvalue weighted by atomic mass is 10.0. The van der Waals surface area contributed by atoms with E-state index in [-0.39, 0.29) is 23.3 Å². The Hall–Kier alpha value is -0.620. The first-order valence-electron chi connectivity index (χ1n) is 8.17. The molecule has 5 nitrogen and oxygen atoms in total. The molecule has 0 saturated carbocycles. The number of piperidine rings is 1. The number of likely N-dealkylation sites (tertiary alicyclic amines) is 1. The lowest BCUT2D eigenvalue weighted by molar-refractivity contribution is -0.121. The van der Waals surface area contributed by atoms with E-state index in [2.05, 4.69) is 17.1 Å². The van der Waals surface area contributed by atoms with Gasteiger partial charge in [-0.1, -0.05) is 6.42 Å². The highest BCUT2D eigenvalue weighted by atomic mass is 32.2. The smallest absolute Gasteiger partial charge is 0.220 e. The van der Waals surface area contributed by atoms with E-state index < -0.39 is 9.84 Å². The fraction of sp³-hybridized carbons (Fsp3) is 0.933. The number of sulfone groups is 1. The Morgan fingerprint density at radius 3 is 2.76 bits per heavy atom. The molecular weight excluding hydrogens is 288 g/mol. The zero-order valence-electron chi connectivity index (χ0n) is 13.0. The average Bonchev–Trinajstić information content (AvgIpc) is 2.76. The first kappa shape index (κ1) is 16.7. The molecule has 2 heterocycles. The topological polar surface area (TPSA) is 66.5 Å². The van der Waals surface area contributed by atoms with Crippen LogP contribution >= 0.6 is 0 Å². The Morgan fingerprint density at radius 1 is 1.29 bits per heavy atom. The predicted molar refractivity (Wildman–Crippen MR) is 83.9 cm³/mol. The molecule has 2 fully saturated rings. The van der Waals surface area contributed by atoms with Crippen LogP contribution in [0.4, 0.5) is 0 Å². The van der Waals surface area contributed by atoms with Crippen LogP contribution in [0.3, 0.4) is 0 Å². The van der Waals surface area contributed by atoms with E-state index in [4.69, 9.17) is 0 Å².